The molecule has 0 aromatic heterocycles. The second-order valence-corrected chi connectivity index (χ2v) is 6.46. The number of hydrogen-bond acceptors (Lipinski definition) is 6. The zero-order chi connectivity index (χ0) is 19.4. The fraction of sp³-hybridized carbons (Fsp3) is 0.381. The summed E-state index contributed by atoms with van der Waals surface area (Å²) < 4.78 is 16.1. The lowest BCUT2D eigenvalue weighted by Crippen LogP contribution is -2.40. The van der Waals surface area contributed by atoms with Gasteiger partial charge in [-0.2, -0.15) is 0 Å². The number of carbonyl (C=O) groups is 1. The van der Waals surface area contributed by atoms with E-state index >= 15 is 0 Å². The van der Waals surface area contributed by atoms with Gasteiger partial charge in [0.1, 0.15) is 0 Å². The number of fused-ring (bicyclic) bond motifs is 1. The monoisotopic (exact) mass is 370 g/mol. The molecule has 2 aromatic rings. The van der Waals surface area contributed by atoms with Crippen LogP contribution in [0.15, 0.2) is 36.4 Å². The average Bonchev–Trinajstić information content (AvgIpc) is 2.67. The van der Waals surface area contributed by atoms with Gasteiger partial charge in [0.2, 0.25) is 0 Å². The molecule has 27 heavy (non-hydrogen) atoms. The molecule has 1 aliphatic rings. The Balaban J connectivity index is 2.09. The standard InChI is InChI=1S/C21H26N2O4/c1-4-27-20(24)13-23-10-9-14-11-18(25-2)19(26-3)12-16(14)21(23)15-7-5-6-8-17(15)22/h5-8,11-12,21H,4,9-10,13,22H2,1-3H3/t21-/m0/s1. The first-order chi connectivity index (χ1) is 13.1. The molecule has 144 valence electrons. The van der Waals surface area contributed by atoms with Crippen molar-refractivity contribution in [1.29, 1.82) is 0 Å². The van der Waals surface area contributed by atoms with Crippen LogP contribution in [0.2, 0.25) is 0 Å². The minimum atomic E-state index is -0.235. The molecule has 3 rings (SSSR count). The Morgan fingerprint density at radius 3 is 2.52 bits per heavy atom. The maximum absolute atomic E-state index is 12.2. The fourth-order valence-corrected chi connectivity index (χ4v) is 3.66. The number of anilines is 1. The van der Waals surface area contributed by atoms with Gasteiger partial charge in [0.15, 0.2) is 11.5 Å². The highest BCUT2D eigenvalue weighted by Crippen LogP contribution is 2.42. The van der Waals surface area contributed by atoms with Crippen molar-refractivity contribution in [3.05, 3.63) is 53.1 Å². The Kier molecular flexibility index (Phi) is 5.86. The second-order valence-electron chi connectivity index (χ2n) is 6.46. The van der Waals surface area contributed by atoms with Crippen molar-refractivity contribution < 1.29 is 19.0 Å². The van der Waals surface area contributed by atoms with E-state index in [0.29, 0.717) is 23.8 Å². The zero-order valence-electron chi connectivity index (χ0n) is 16.0. The van der Waals surface area contributed by atoms with Crippen LogP contribution in [0.3, 0.4) is 0 Å². The van der Waals surface area contributed by atoms with Crippen LogP contribution in [0.25, 0.3) is 0 Å². The van der Waals surface area contributed by atoms with Crippen LogP contribution in [-0.2, 0) is 16.0 Å². The summed E-state index contributed by atoms with van der Waals surface area (Å²) in [6, 6.07) is 11.6. The number of ether oxygens (including phenoxy) is 3. The molecule has 0 amide bonds. The van der Waals surface area contributed by atoms with Crippen LogP contribution in [0.1, 0.15) is 29.7 Å². The van der Waals surface area contributed by atoms with Gasteiger partial charge < -0.3 is 19.9 Å². The van der Waals surface area contributed by atoms with Gasteiger partial charge in [0.05, 0.1) is 33.4 Å². The maximum atomic E-state index is 12.2. The first kappa shape index (κ1) is 19.0. The van der Waals surface area contributed by atoms with Crippen molar-refractivity contribution in [2.24, 2.45) is 0 Å². The van der Waals surface area contributed by atoms with E-state index in [-0.39, 0.29) is 18.6 Å². The number of nitrogens with zero attached hydrogens (tertiary/aromatic N) is 1. The van der Waals surface area contributed by atoms with Gasteiger partial charge in [-0.15, -0.1) is 0 Å². The summed E-state index contributed by atoms with van der Waals surface area (Å²) in [5.74, 6) is 1.13. The van der Waals surface area contributed by atoms with E-state index in [0.717, 1.165) is 24.1 Å². The summed E-state index contributed by atoms with van der Waals surface area (Å²) in [5.41, 5.74) is 10.2. The lowest BCUT2D eigenvalue weighted by Gasteiger charge is -2.38. The normalized spacial score (nSPS) is 16.5. The number of benzene rings is 2. The minimum absolute atomic E-state index is 0.154. The Labute approximate surface area is 159 Å². The number of rotatable bonds is 6. The molecule has 1 heterocycles. The molecule has 0 saturated carbocycles. The SMILES string of the molecule is CCOC(=O)CN1CCc2cc(OC)c(OC)cc2[C@@H]1c1ccccc1N. The molecule has 0 spiro atoms. The first-order valence-electron chi connectivity index (χ1n) is 9.07. The lowest BCUT2D eigenvalue weighted by atomic mass is 9.87. The summed E-state index contributed by atoms with van der Waals surface area (Å²) in [6.07, 6.45) is 0.804. The Bertz CT molecular complexity index is 822. The minimum Gasteiger partial charge on any atom is -0.493 e. The molecular weight excluding hydrogens is 344 g/mol. The van der Waals surface area contributed by atoms with Crippen LogP contribution < -0.4 is 15.2 Å². The van der Waals surface area contributed by atoms with Gasteiger partial charge in [-0.1, -0.05) is 18.2 Å². The van der Waals surface area contributed by atoms with E-state index in [1.54, 1.807) is 14.2 Å². The third kappa shape index (κ3) is 3.85. The molecule has 2 aromatic carbocycles. The predicted molar refractivity (Wildman–Crippen MR) is 104 cm³/mol. The van der Waals surface area contributed by atoms with Gasteiger partial charge in [0, 0.05) is 12.2 Å². The van der Waals surface area contributed by atoms with E-state index < -0.39 is 0 Å². The van der Waals surface area contributed by atoms with Crippen LogP contribution >= 0.6 is 0 Å². The Hall–Kier alpha value is -2.73. The number of methoxy groups -OCH3 is 2. The summed E-state index contributed by atoms with van der Waals surface area (Å²) in [6.45, 7) is 3.11. The van der Waals surface area contributed by atoms with Gasteiger partial charge >= 0.3 is 5.97 Å². The lowest BCUT2D eigenvalue weighted by molar-refractivity contribution is -0.145. The summed E-state index contributed by atoms with van der Waals surface area (Å²) in [4.78, 5) is 14.3. The Morgan fingerprint density at radius 1 is 1.15 bits per heavy atom. The van der Waals surface area contributed by atoms with E-state index in [2.05, 4.69) is 4.90 Å². The largest absolute Gasteiger partial charge is 0.493 e. The molecule has 0 saturated heterocycles. The van der Waals surface area contributed by atoms with Gasteiger partial charge in [-0.05, 0) is 48.2 Å². The molecule has 6 nitrogen and oxygen atoms in total. The van der Waals surface area contributed by atoms with Gasteiger partial charge in [-0.3, -0.25) is 9.69 Å². The third-order valence-corrected chi connectivity index (χ3v) is 4.90. The summed E-state index contributed by atoms with van der Waals surface area (Å²) >= 11 is 0. The molecule has 0 unspecified atom stereocenters. The van der Waals surface area contributed by atoms with Crippen LogP contribution in [0.4, 0.5) is 5.69 Å². The molecular formula is C21H26N2O4. The second kappa shape index (κ2) is 8.31. The van der Waals surface area contributed by atoms with Crippen molar-refractivity contribution in [1.82, 2.24) is 4.90 Å². The number of carbonyl (C=O) groups excluding carboxylic acids is 1. The van der Waals surface area contributed by atoms with E-state index in [4.69, 9.17) is 19.9 Å². The molecule has 2 N–H and O–H groups in total. The first-order valence-corrected chi connectivity index (χ1v) is 9.07. The number of esters is 1. The topological polar surface area (TPSA) is 74.0 Å². The zero-order valence-corrected chi connectivity index (χ0v) is 16.0. The third-order valence-electron chi connectivity index (χ3n) is 4.90. The predicted octanol–water partition coefficient (Wildman–Crippen LogP) is 2.80. The fourth-order valence-electron chi connectivity index (χ4n) is 3.66. The van der Waals surface area contributed by atoms with E-state index in [1.165, 1.54) is 5.56 Å². The molecule has 0 aliphatic carbocycles. The van der Waals surface area contributed by atoms with Gasteiger partial charge in [0.25, 0.3) is 0 Å². The quantitative estimate of drug-likeness (QED) is 0.623. The number of nitrogens with two attached hydrogens (primary N) is 1. The highest BCUT2D eigenvalue weighted by molar-refractivity contribution is 5.72. The molecule has 1 aliphatic heterocycles. The van der Waals surface area contributed by atoms with Crippen LogP contribution in [0.5, 0.6) is 11.5 Å². The average molecular weight is 370 g/mol. The molecule has 6 heteroatoms. The summed E-state index contributed by atoms with van der Waals surface area (Å²) in [7, 11) is 3.25. The van der Waals surface area contributed by atoms with Gasteiger partial charge in [-0.25, -0.2) is 0 Å². The number of nitrogen functional groups attached to an aromatic ring is 1. The van der Waals surface area contributed by atoms with Crippen molar-refractivity contribution >= 4 is 11.7 Å². The smallest absolute Gasteiger partial charge is 0.320 e. The van der Waals surface area contributed by atoms with Crippen molar-refractivity contribution in [3.63, 3.8) is 0 Å². The van der Waals surface area contributed by atoms with Crippen molar-refractivity contribution in [2.45, 2.75) is 19.4 Å². The Morgan fingerprint density at radius 2 is 1.85 bits per heavy atom. The maximum Gasteiger partial charge on any atom is 0.320 e. The number of hydrogen-bond donors (Lipinski definition) is 1. The van der Waals surface area contributed by atoms with Crippen molar-refractivity contribution in [3.8, 4) is 11.5 Å². The molecule has 0 radical (unpaired) electrons. The molecule has 1 atom stereocenters. The highest BCUT2D eigenvalue weighted by Gasteiger charge is 2.32. The molecule has 0 fully saturated rings. The van der Waals surface area contributed by atoms with Crippen LogP contribution in [0, 0.1) is 0 Å². The summed E-state index contributed by atoms with van der Waals surface area (Å²) in [5, 5.41) is 0. The van der Waals surface area contributed by atoms with Crippen molar-refractivity contribution in [2.75, 3.05) is 39.6 Å². The number of para-hydroxylation sites is 1. The van der Waals surface area contributed by atoms with E-state index in [1.807, 2.05) is 43.3 Å². The van der Waals surface area contributed by atoms with Crippen LogP contribution in [-0.4, -0.2) is 44.8 Å². The van der Waals surface area contributed by atoms with E-state index in [9.17, 15) is 4.79 Å². The molecule has 0 bridgehead atoms. The highest BCUT2D eigenvalue weighted by atomic mass is 16.5.